The predicted octanol–water partition coefficient (Wildman–Crippen LogP) is 1.65. The van der Waals surface area contributed by atoms with Gasteiger partial charge in [0, 0.05) is 38.8 Å². The number of amides is 1. The summed E-state index contributed by atoms with van der Waals surface area (Å²) in [4.78, 5) is 16.4. The van der Waals surface area contributed by atoms with Gasteiger partial charge in [0.15, 0.2) is 0 Å². The highest BCUT2D eigenvalue weighted by Crippen LogP contribution is 2.26. The fraction of sp³-hybridized carbons (Fsp3) is 0.632. The molecule has 2 fully saturated rings. The van der Waals surface area contributed by atoms with Gasteiger partial charge in [-0.05, 0) is 44.0 Å². The highest BCUT2D eigenvalue weighted by Gasteiger charge is 2.40. The minimum Gasteiger partial charge on any atom is -0.387 e. The highest BCUT2D eigenvalue weighted by atomic mass is 19.1. The lowest BCUT2D eigenvalue weighted by atomic mass is 9.98. The normalized spacial score (nSPS) is 24.9. The van der Waals surface area contributed by atoms with Crippen molar-refractivity contribution < 1.29 is 19.0 Å². The number of benzene rings is 1. The van der Waals surface area contributed by atoms with Gasteiger partial charge in [0.25, 0.3) is 0 Å². The Labute approximate surface area is 148 Å². The highest BCUT2D eigenvalue weighted by molar-refractivity contribution is 5.79. The van der Waals surface area contributed by atoms with Crippen molar-refractivity contribution in [2.24, 2.45) is 5.92 Å². The second-order valence-corrected chi connectivity index (χ2v) is 7.42. The van der Waals surface area contributed by atoms with Gasteiger partial charge in [-0.25, -0.2) is 4.39 Å². The van der Waals surface area contributed by atoms with Crippen LogP contribution in [0.2, 0.25) is 0 Å². The van der Waals surface area contributed by atoms with Crippen LogP contribution in [0.5, 0.6) is 0 Å². The number of halogens is 1. The van der Waals surface area contributed by atoms with E-state index in [1.54, 1.807) is 12.1 Å². The van der Waals surface area contributed by atoms with Crippen molar-refractivity contribution in [2.75, 3.05) is 39.9 Å². The first kappa shape index (κ1) is 18.3. The fourth-order valence-electron chi connectivity index (χ4n) is 3.84. The van der Waals surface area contributed by atoms with E-state index >= 15 is 0 Å². The lowest BCUT2D eigenvalue weighted by Crippen LogP contribution is -2.45. The number of aliphatic hydroxyl groups is 1. The number of nitrogens with zero attached hydrogens (tertiary/aromatic N) is 2. The molecule has 2 saturated heterocycles. The van der Waals surface area contributed by atoms with Crippen LogP contribution in [0.1, 0.15) is 24.8 Å². The first-order valence-electron chi connectivity index (χ1n) is 8.97. The zero-order valence-corrected chi connectivity index (χ0v) is 14.8. The number of hydrogen-bond donors (Lipinski definition) is 1. The molecule has 3 rings (SSSR count). The van der Waals surface area contributed by atoms with E-state index in [1.807, 2.05) is 16.8 Å². The summed E-state index contributed by atoms with van der Waals surface area (Å²) in [5.74, 6) is -0.0588. The third-order valence-electron chi connectivity index (χ3n) is 5.14. The lowest BCUT2D eigenvalue weighted by Gasteiger charge is -2.30. The van der Waals surface area contributed by atoms with Gasteiger partial charge in [0.1, 0.15) is 5.82 Å². The third-order valence-corrected chi connectivity index (χ3v) is 5.14. The van der Waals surface area contributed by atoms with E-state index in [9.17, 15) is 14.3 Å². The smallest absolute Gasteiger partial charge is 0.225 e. The van der Waals surface area contributed by atoms with Crippen LogP contribution >= 0.6 is 0 Å². The molecule has 0 saturated carbocycles. The summed E-state index contributed by atoms with van der Waals surface area (Å²) in [6.07, 6.45) is 2.15. The van der Waals surface area contributed by atoms with Crippen LogP contribution in [-0.2, 0) is 16.1 Å². The fourth-order valence-corrected chi connectivity index (χ4v) is 3.84. The number of carbonyl (C=O) groups is 1. The molecule has 1 aromatic rings. The second kappa shape index (κ2) is 7.81. The Kier molecular flexibility index (Phi) is 5.71. The Hall–Kier alpha value is -1.50. The lowest BCUT2D eigenvalue weighted by molar-refractivity contribution is -0.138. The molecular formula is C19H27FN2O3. The van der Waals surface area contributed by atoms with Crippen LogP contribution in [0.25, 0.3) is 0 Å². The monoisotopic (exact) mass is 350 g/mol. The summed E-state index contributed by atoms with van der Waals surface area (Å²) in [7, 11) is 1.93. The minimum atomic E-state index is -0.879. The van der Waals surface area contributed by atoms with E-state index in [4.69, 9.17) is 4.74 Å². The van der Waals surface area contributed by atoms with Crippen molar-refractivity contribution in [2.45, 2.75) is 31.4 Å². The molecule has 2 aliphatic rings. The van der Waals surface area contributed by atoms with Crippen LogP contribution in [0, 0.1) is 11.7 Å². The maximum atomic E-state index is 13.0. The number of carbonyl (C=O) groups excluding carboxylic acids is 1. The molecule has 1 amide bonds. The van der Waals surface area contributed by atoms with E-state index in [0.717, 1.165) is 18.4 Å². The average Bonchev–Trinajstić information content (AvgIpc) is 2.98. The number of rotatable bonds is 5. The standard InChI is InChI=1S/C19H27FN2O3/c1-21(12-15-2-4-17(20)5-3-15)13-19(24)8-9-22(14-19)18(23)16-6-10-25-11-7-16/h2-5,16,24H,6-14H2,1H3. The van der Waals surface area contributed by atoms with Gasteiger partial charge >= 0.3 is 0 Å². The third kappa shape index (κ3) is 4.77. The molecule has 0 aromatic heterocycles. The van der Waals surface area contributed by atoms with Crippen molar-refractivity contribution in [1.82, 2.24) is 9.80 Å². The van der Waals surface area contributed by atoms with E-state index in [1.165, 1.54) is 12.1 Å². The topological polar surface area (TPSA) is 53.0 Å². The molecule has 1 atom stereocenters. The van der Waals surface area contributed by atoms with E-state index in [-0.39, 0.29) is 17.6 Å². The molecule has 0 radical (unpaired) electrons. The second-order valence-electron chi connectivity index (χ2n) is 7.42. The van der Waals surface area contributed by atoms with E-state index in [0.29, 0.717) is 45.8 Å². The summed E-state index contributed by atoms with van der Waals surface area (Å²) in [6.45, 7) is 3.41. The zero-order chi connectivity index (χ0) is 17.9. The van der Waals surface area contributed by atoms with E-state index < -0.39 is 5.60 Å². The van der Waals surface area contributed by atoms with Crippen molar-refractivity contribution in [3.63, 3.8) is 0 Å². The van der Waals surface area contributed by atoms with Crippen LogP contribution in [-0.4, -0.2) is 66.3 Å². The molecule has 0 spiro atoms. The summed E-state index contributed by atoms with van der Waals surface area (Å²) in [5, 5.41) is 10.9. The Morgan fingerprint density at radius 1 is 1.36 bits per heavy atom. The molecular weight excluding hydrogens is 323 g/mol. The van der Waals surface area contributed by atoms with Crippen molar-refractivity contribution in [3.05, 3.63) is 35.6 Å². The minimum absolute atomic E-state index is 0.0352. The molecule has 5 nitrogen and oxygen atoms in total. The molecule has 138 valence electrons. The number of hydrogen-bond acceptors (Lipinski definition) is 4. The van der Waals surface area contributed by atoms with Crippen molar-refractivity contribution >= 4 is 5.91 Å². The van der Waals surface area contributed by atoms with Crippen LogP contribution < -0.4 is 0 Å². The number of ether oxygens (including phenoxy) is 1. The molecule has 0 bridgehead atoms. The quantitative estimate of drug-likeness (QED) is 0.877. The van der Waals surface area contributed by atoms with Gasteiger partial charge in [-0.15, -0.1) is 0 Å². The van der Waals surface area contributed by atoms with Crippen LogP contribution in [0.4, 0.5) is 4.39 Å². The van der Waals surface area contributed by atoms with Gasteiger partial charge in [-0.1, -0.05) is 12.1 Å². The number of likely N-dealkylation sites (N-methyl/N-ethyl adjacent to an activating group) is 1. The zero-order valence-electron chi connectivity index (χ0n) is 14.8. The largest absolute Gasteiger partial charge is 0.387 e. The van der Waals surface area contributed by atoms with Crippen molar-refractivity contribution in [1.29, 1.82) is 0 Å². The molecule has 6 heteroatoms. The Morgan fingerprint density at radius 2 is 2.04 bits per heavy atom. The van der Waals surface area contributed by atoms with Gasteiger partial charge in [0.05, 0.1) is 12.1 Å². The maximum Gasteiger partial charge on any atom is 0.225 e. The van der Waals surface area contributed by atoms with E-state index in [2.05, 4.69) is 0 Å². The molecule has 2 heterocycles. The number of β-amino-alcohol motifs (C(OH)–C–C–N with tert-alkyl or cyclic N) is 1. The van der Waals surface area contributed by atoms with Crippen LogP contribution in [0.3, 0.4) is 0 Å². The molecule has 25 heavy (non-hydrogen) atoms. The number of likely N-dealkylation sites (tertiary alicyclic amines) is 1. The Morgan fingerprint density at radius 3 is 2.72 bits per heavy atom. The van der Waals surface area contributed by atoms with Crippen LogP contribution in [0.15, 0.2) is 24.3 Å². The SMILES string of the molecule is CN(Cc1ccc(F)cc1)CC1(O)CCN(C(=O)C2CCOCC2)C1. The Balaban J connectivity index is 1.52. The predicted molar refractivity (Wildman–Crippen MR) is 92.4 cm³/mol. The molecule has 0 aliphatic carbocycles. The summed E-state index contributed by atoms with van der Waals surface area (Å²) < 4.78 is 18.3. The summed E-state index contributed by atoms with van der Waals surface area (Å²) in [5.41, 5.74) is 0.121. The Bertz CT molecular complexity index is 589. The summed E-state index contributed by atoms with van der Waals surface area (Å²) >= 11 is 0. The average molecular weight is 350 g/mol. The first-order valence-corrected chi connectivity index (χ1v) is 8.97. The van der Waals surface area contributed by atoms with Gasteiger partial charge in [-0.2, -0.15) is 0 Å². The molecule has 1 aromatic carbocycles. The van der Waals surface area contributed by atoms with Crippen molar-refractivity contribution in [3.8, 4) is 0 Å². The molecule has 1 N–H and O–H groups in total. The molecule has 1 unspecified atom stereocenters. The van der Waals surface area contributed by atoms with Gasteiger partial charge < -0.3 is 14.7 Å². The summed E-state index contributed by atoms with van der Waals surface area (Å²) in [6, 6.07) is 6.40. The first-order chi connectivity index (χ1) is 12.0. The maximum absolute atomic E-state index is 13.0. The molecule has 2 aliphatic heterocycles. The van der Waals surface area contributed by atoms with Gasteiger partial charge in [-0.3, -0.25) is 9.69 Å². The van der Waals surface area contributed by atoms with Gasteiger partial charge in [0.2, 0.25) is 5.91 Å².